The summed E-state index contributed by atoms with van der Waals surface area (Å²) in [4.78, 5) is 31.0. The molecule has 168 valence electrons. The monoisotopic (exact) mass is 467 g/mol. The molecule has 4 aromatic carbocycles. The van der Waals surface area contributed by atoms with Crippen LogP contribution in [0.15, 0.2) is 101 Å². The topological polar surface area (TPSA) is 73.2 Å². The zero-order chi connectivity index (χ0) is 23.5. The van der Waals surface area contributed by atoms with E-state index in [1.807, 2.05) is 66.7 Å². The van der Waals surface area contributed by atoms with E-state index in [1.54, 1.807) is 31.4 Å². The molecule has 0 spiro atoms. The van der Waals surface area contributed by atoms with Crippen molar-refractivity contribution in [2.24, 2.45) is 0 Å². The minimum absolute atomic E-state index is 0.0865. The number of hydrogen-bond acceptors (Lipinski definition) is 5. The number of nitrogens with zero attached hydrogens (tertiary/aromatic N) is 2. The van der Waals surface area contributed by atoms with E-state index in [9.17, 15) is 9.59 Å². The molecule has 0 aliphatic carbocycles. The molecule has 0 saturated heterocycles. The average molecular weight is 468 g/mol. The third-order valence-corrected chi connectivity index (χ3v) is 6.41. The molecule has 1 amide bonds. The van der Waals surface area contributed by atoms with Gasteiger partial charge in [-0.3, -0.25) is 14.2 Å². The Morgan fingerprint density at radius 1 is 0.912 bits per heavy atom. The number of amides is 1. The Hall–Kier alpha value is -4.10. The fourth-order valence-electron chi connectivity index (χ4n) is 3.89. The highest BCUT2D eigenvalue weighted by molar-refractivity contribution is 7.99. The van der Waals surface area contributed by atoms with Gasteiger partial charge in [-0.05, 0) is 35.7 Å². The first-order chi connectivity index (χ1) is 16.7. The van der Waals surface area contributed by atoms with E-state index in [1.165, 1.54) is 16.3 Å². The van der Waals surface area contributed by atoms with Crippen LogP contribution in [0.1, 0.15) is 0 Å². The van der Waals surface area contributed by atoms with Crippen LogP contribution in [0.25, 0.3) is 27.4 Å². The van der Waals surface area contributed by atoms with Crippen molar-refractivity contribution in [1.82, 2.24) is 9.55 Å². The summed E-state index contributed by atoms with van der Waals surface area (Å²) in [5, 5.41) is 5.93. The summed E-state index contributed by atoms with van der Waals surface area (Å²) in [6.45, 7) is 0. The largest absolute Gasteiger partial charge is 0.495 e. The Balaban J connectivity index is 1.50. The number of ether oxygens (including phenoxy) is 1. The summed E-state index contributed by atoms with van der Waals surface area (Å²) in [6.07, 6.45) is 0. The zero-order valence-corrected chi connectivity index (χ0v) is 19.2. The van der Waals surface area contributed by atoms with Crippen LogP contribution in [-0.2, 0) is 4.79 Å². The van der Waals surface area contributed by atoms with E-state index in [2.05, 4.69) is 5.32 Å². The molecule has 0 unspecified atom stereocenters. The van der Waals surface area contributed by atoms with Crippen LogP contribution in [0.4, 0.5) is 5.69 Å². The van der Waals surface area contributed by atoms with Crippen LogP contribution in [0.3, 0.4) is 0 Å². The van der Waals surface area contributed by atoms with Gasteiger partial charge in [0.15, 0.2) is 5.16 Å². The van der Waals surface area contributed by atoms with Crippen LogP contribution >= 0.6 is 11.8 Å². The van der Waals surface area contributed by atoms with E-state index >= 15 is 0 Å². The number of anilines is 1. The first kappa shape index (κ1) is 21.7. The third-order valence-electron chi connectivity index (χ3n) is 5.47. The molecule has 0 aliphatic heterocycles. The molecule has 6 nitrogen and oxygen atoms in total. The molecule has 1 heterocycles. The number of para-hydroxylation sites is 3. The van der Waals surface area contributed by atoms with Gasteiger partial charge in [0.1, 0.15) is 5.75 Å². The molecule has 0 fully saturated rings. The summed E-state index contributed by atoms with van der Waals surface area (Å²) in [5.41, 5.74) is 1.69. The van der Waals surface area contributed by atoms with Crippen LogP contribution in [-0.4, -0.2) is 28.3 Å². The molecule has 5 aromatic rings. The summed E-state index contributed by atoms with van der Waals surface area (Å²) in [7, 11) is 1.56. The predicted octanol–water partition coefficient (Wildman–Crippen LogP) is 5.28. The second kappa shape index (κ2) is 9.41. The highest BCUT2D eigenvalue weighted by Gasteiger charge is 2.17. The number of thioether (sulfide) groups is 1. The fourth-order valence-corrected chi connectivity index (χ4v) is 4.69. The van der Waals surface area contributed by atoms with E-state index in [0.717, 1.165) is 16.5 Å². The molecule has 0 radical (unpaired) electrons. The zero-order valence-electron chi connectivity index (χ0n) is 18.4. The minimum atomic E-state index is -0.216. The standard InChI is InChI=1S/C27H21N3O3S/c1-33-24-16-7-6-15-23(24)30-26(32)20-12-4-5-13-22(20)29-27(30)34-17-25(31)28-21-14-8-10-18-9-2-3-11-19(18)21/h2-16H,17H2,1H3,(H,28,31). The maximum atomic E-state index is 13.5. The molecule has 5 rings (SSSR count). The third kappa shape index (κ3) is 4.13. The van der Waals surface area contributed by atoms with Crippen molar-refractivity contribution in [1.29, 1.82) is 0 Å². The average Bonchev–Trinajstić information content (AvgIpc) is 2.88. The van der Waals surface area contributed by atoms with Gasteiger partial charge in [0, 0.05) is 11.1 Å². The number of hydrogen-bond donors (Lipinski definition) is 1. The van der Waals surface area contributed by atoms with Gasteiger partial charge in [0.2, 0.25) is 5.91 Å². The van der Waals surface area contributed by atoms with Gasteiger partial charge >= 0.3 is 0 Å². The molecular formula is C27H21N3O3S. The molecular weight excluding hydrogens is 446 g/mol. The molecule has 0 atom stereocenters. The van der Waals surface area contributed by atoms with Gasteiger partial charge in [-0.1, -0.05) is 72.4 Å². The van der Waals surface area contributed by atoms with Gasteiger partial charge < -0.3 is 10.1 Å². The molecule has 1 aromatic heterocycles. The van der Waals surface area contributed by atoms with Crippen molar-refractivity contribution in [3.05, 3.63) is 101 Å². The number of nitrogens with one attached hydrogen (secondary N) is 1. The number of fused-ring (bicyclic) bond motifs is 2. The van der Waals surface area contributed by atoms with Crippen LogP contribution < -0.4 is 15.6 Å². The lowest BCUT2D eigenvalue weighted by Gasteiger charge is -2.15. The fraction of sp³-hybridized carbons (Fsp3) is 0.0741. The number of methoxy groups -OCH3 is 1. The van der Waals surface area contributed by atoms with Crippen molar-refractivity contribution in [2.75, 3.05) is 18.2 Å². The normalized spacial score (nSPS) is 11.0. The van der Waals surface area contributed by atoms with Crippen molar-refractivity contribution >= 4 is 45.0 Å². The second-order valence-electron chi connectivity index (χ2n) is 7.59. The van der Waals surface area contributed by atoms with Gasteiger partial charge in [-0.2, -0.15) is 0 Å². The molecule has 1 N–H and O–H groups in total. The summed E-state index contributed by atoms with van der Waals surface area (Å²) < 4.78 is 7.00. The number of carbonyl (C=O) groups excluding carboxylic acids is 1. The lowest BCUT2D eigenvalue weighted by atomic mass is 10.1. The summed E-state index contributed by atoms with van der Waals surface area (Å²) in [5.74, 6) is 0.447. The number of aromatic nitrogens is 2. The molecule has 0 bridgehead atoms. The number of rotatable bonds is 6. The van der Waals surface area contributed by atoms with E-state index < -0.39 is 0 Å². The molecule has 0 aliphatic rings. The van der Waals surface area contributed by atoms with E-state index in [0.29, 0.717) is 27.5 Å². The molecule has 34 heavy (non-hydrogen) atoms. The second-order valence-corrected chi connectivity index (χ2v) is 8.53. The van der Waals surface area contributed by atoms with E-state index in [-0.39, 0.29) is 17.2 Å². The van der Waals surface area contributed by atoms with Gasteiger partial charge in [0.25, 0.3) is 5.56 Å². The van der Waals surface area contributed by atoms with Crippen molar-refractivity contribution in [3.63, 3.8) is 0 Å². The summed E-state index contributed by atoms with van der Waals surface area (Å²) in [6, 6.07) is 28.1. The Bertz CT molecular complexity index is 1570. The van der Waals surface area contributed by atoms with Crippen LogP contribution in [0.2, 0.25) is 0 Å². The van der Waals surface area contributed by atoms with Gasteiger partial charge in [-0.25, -0.2) is 4.98 Å². The lowest BCUT2D eigenvalue weighted by Crippen LogP contribution is -2.23. The van der Waals surface area contributed by atoms with Crippen LogP contribution in [0.5, 0.6) is 5.75 Å². The van der Waals surface area contributed by atoms with Crippen LogP contribution in [0, 0.1) is 0 Å². The van der Waals surface area contributed by atoms with Crippen molar-refractivity contribution in [3.8, 4) is 11.4 Å². The number of benzene rings is 4. The van der Waals surface area contributed by atoms with Gasteiger partial charge in [0.05, 0.1) is 29.5 Å². The first-order valence-electron chi connectivity index (χ1n) is 10.7. The quantitative estimate of drug-likeness (QED) is 0.272. The lowest BCUT2D eigenvalue weighted by molar-refractivity contribution is -0.113. The Labute approximate surface area is 200 Å². The smallest absolute Gasteiger partial charge is 0.266 e. The predicted molar refractivity (Wildman–Crippen MR) is 137 cm³/mol. The molecule has 7 heteroatoms. The Morgan fingerprint density at radius 2 is 1.62 bits per heavy atom. The van der Waals surface area contributed by atoms with E-state index in [4.69, 9.17) is 9.72 Å². The van der Waals surface area contributed by atoms with Gasteiger partial charge in [-0.15, -0.1) is 0 Å². The van der Waals surface area contributed by atoms with Crippen molar-refractivity contribution < 1.29 is 9.53 Å². The SMILES string of the molecule is COc1ccccc1-n1c(SCC(=O)Nc2cccc3ccccc23)nc2ccccc2c1=O. The van der Waals surface area contributed by atoms with Crippen molar-refractivity contribution in [2.45, 2.75) is 5.16 Å². The summed E-state index contributed by atoms with van der Waals surface area (Å²) >= 11 is 1.21. The first-order valence-corrected chi connectivity index (χ1v) is 11.7. The Morgan fingerprint density at radius 3 is 2.47 bits per heavy atom. The highest BCUT2D eigenvalue weighted by atomic mass is 32.2. The molecule has 0 saturated carbocycles. The minimum Gasteiger partial charge on any atom is -0.495 e. The Kier molecular flexibility index (Phi) is 6.01. The maximum absolute atomic E-state index is 13.5. The maximum Gasteiger partial charge on any atom is 0.266 e. The highest BCUT2D eigenvalue weighted by Crippen LogP contribution is 2.28. The number of carbonyl (C=O) groups is 1.